The maximum absolute atomic E-state index is 12.5. The molecule has 0 aromatic carbocycles. The van der Waals surface area contributed by atoms with Gasteiger partial charge in [0.2, 0.25) is 11.8 Å². The largest absolute Gasteiger partial charge is 0.469 e. The third kappa shape index (κ3) is 6.91. The minimum atomic E-state index is -0.655. The molecule has 0 rings (SSSR count). The molecule has 6 heteroatoms. The number of amides is 2. The zero-order valence-corrected chi connectivity index (χ0v) is 14.8. The van der Waals surface area contributed by atoms with Gasteiger partial charge < -0.3 is 15.4 Å². The summed E-state index contributed by atoms with van der Waals surface area (Å²) in [6, 6.07) is -0.655. The van der Waals surface area contributed by atoms with Crippen LogP contribution >= 0.6 is 0 Å². The summed E-state index contributed by atoms with van der Waals surface area (Å²) in [4.78, 5) is 36.0. The second-order valence-corrected chi connectivity index (χ2v) is 7.03. The molecule has 0 radical (unpaired) electrons. The number of hydrogen-bond acceptors (Lipinski definition) is 4. The molecule has 128 valence electrons. The van der Waals surface area contributed by atoms with E-state index in [4.69, 9.17) is 0 Å². The smallest absolute Gasteiger partial charge is 0.306 e. The first-order chi connectivity index (χ1) is 10.0. The van der Waals surface area contributed by atoms with Gasteiger partial charge in [-0.2, -0.15) is 0 Å². The van der Waals surface area contributed by atoms with Gasteiger partial charge >= 0.3 is 5.97 Å². The number of methoxy groups -OCH3 is 1. The lowest BCUT2D eigenvalue weighted by molar-refractivity contribution is -0.145. The Balaban J connectivity index is 5.11. The Bertz CT molecular complexity index is 399. The molecule has 0 fully saturated rings. The molecule has 0 spiro atoms. The van der Waals surface area contributed by atoms with Crippen molar-refractivity contribution in [1.82, 2.24) is 10.6 Å². The van der Waals surface area contributed by atoms with Crippen LogP contribution in [0.5, 0.6) is 0 Å². The maximum Gasteiger partial charge on any atom is 0.306 e. The Hall–Kier alpha value is -1.59. The molecule has 0 saturated heterocycles. The van der Waals surface area contributed by atoms with Gasteiger partial charge in [-0.05, 0) is 17.8 Å². The molecule has 6 nitrogen and oxygen atoms in total. The van der Waals surface area contributed by atoms with Crippen molar-refractivity contribution in [3.63, 3.8) is 0 Å². The average molecular weight is 314 g/mol. The normalized spacial score (nSPS) is 14.2. The SMILES string of the molecule is CNC(=O)[C@@H](NC(=O)[C@@H](CC(=O)OC)CC(C)C)C(C)(C)C. The highest BCUT2D eigenvalue weighted by atomic mass is 16.5. The zero-order valence-electron chi connectivity index (χ0n) is 14.8. The molecular formula is C16H30N2O4. The Morgan fingerprint density at radius 2 is 1.64 bits per heavy atom. The summed E-state index contributed by atoms with van der Waals surface area (Å²) >= 11 is 0. The number of likely N-dealkylation sites (N-methyl/N-ethyl adjacent to an activating group) is 1. The fourth-order valence-corrected chi connectivity index (χ4v) is 2.22. The third-order valence-electron chi connectivity index (χ3n) is 3.43. The molecule has 0 aromatic heterocycles. The lowest BCUT2D eigenvalue weighted by Gasteiger charge is -2.31. The Morgan fingerprint density at radius 3 is 2.00 bits per heavy atom. The van der Waals surface area contributed by atoms with E-state index in [2.05, 4.69) is 15.4 Å². The number of nitrogens with one attached hydrogen (secondary N) is 2. The van der Waals surface area contributed by atoms with E-state index in [1.54, 1.807) is 0 Å². The first-order valence-electron chi connectivity index (χ1n) is 7.61. The first kappa shape index (κ1) is 20.4. The van der Waals surface area contributed by atoms with Crippen LogP contribution in [0.3, 0.4) is 0 Å². The molecule has 0 bridgehead atoms. The summed E-state index contributed by atoms with van der Waals surface area (Å²) in [5.41, 5.74) is -0.427. The summed E-state index contributed by atoms with van der Waals surface area (Å²) in [5.74, 6) is -1.20. The molecule has 0 aliphatic carbocycles. The molecule has 0 aliphatic rings. The quantitative estimate of drug-likeness (QED) is 0.697. The van der Waals surface area contributed by atoms with Gasteiger partial charge in [0.1, 0.15) is 6.04 Å². The number of carbonyl (C=O) groups is 3. The van der Waals surface area contributed by atoms with Crippen LogP contribution in [0.2, 0.25) is 0 Å². The topological polar surface area (TPSA) is 84.5 Å². The molecular weight excluding hydrogens is 284 g/mol. The van der Waals surface area contributed by atoms with E-state index in [1.807, 2.05) is 34.6 Å². The van der Waals surface area contributed by atoms with Crippen LogP contribution < -0.4 is 10.6 Å². The van der Waals surface area contributed by atoms with Crippen molar-refractivity contribution in [2.75, 3.05) is 14.2 Å². The van der Waals surface area contributed by atoms with Crippen LogP contribution in [0, 0.1) is 17.3 Å². The van der Waals surface area contributed by atoms with Crippen LogP contribution in [-0.2, 0) is 19.1 Å². The van der Waals surface area contributed by atoms with Gasteiger partial charge in [0.15, 0.2) is 0 Å². The fraction of sp³-hybridized carbons (Fsp3) is 0.812. The Morgan fingerprint density at radius 1 is 1.09 bits per heavy atom. The van der Waals surface area contributed by atoms with E-state index in [0.717, 1.165) is 0 Å². The number of esters is 1. The van der Waals surface area contributed by atoms with Crippen molar-refractivity contribution in [1.29, 1.82) is 0 Å². The standard InChI is InChI=1S/C16H30N2O4/c1-10(2)8-11(9-12(19)22-7)14(20)18-13(15(21)17-6)16(3,4)5/h10-11,13H,8-9H2,1-7H3,(H,17,21)(H,18,20)/t11-,13-/m1/s1. The van der Waals surface area contributed by atoms with Gasteiger partial charge in [0.25, 0.3) is 0 Å². The molecule has 2 atom stereocenters. The number of carbonyl (C=O) groups excluding carboxylic acids is 3. The van der Waals surface area contributed by atoms with Crippen LogP contribution in [0.4, 0.5) is 0 Å². The molecule has 0 saturated carbocycles. The Labute approximate surface area is 133 Å². The monoisotopic (exact) mass is 314 g/mol. The van der Waals surface area contributed by atoms with Crippen LogP contribution in [0.25, 0.3) is 0 Å². The minimum absolute atomic E-state index is 0.0190. The minimum Gasteiger partial charge on any atom is -0.469 e. The van der Waals surface area contributed by atoms with Crippen molar-refractivity contribution in [2.24, 2.45) is 17.3 Å². The van der Waals surface area contributed by atoms with Crippen molar-refractivity contribution in [2.45, 2.75) is 53.5 Å². The summed E-state index contributed by atoms with van der Waals surface area (Å²) < 4.78 is 4.66. The summed E-state index contributed by atoms with van der Waals surface area (Å²) in [5, 5.41) is 5.35. The van der Waals surface area contributed by atoms with Gasteiger partial charge in [-0.1, -0.05) is 34.6 Å². The summed E-state index contributed by atoms with van der Waals surface area (Å²) in [7, 11) is 2.84. The fourth-order valence-electron chi connectivity index (χ4n) is 2.22. The highest BCUT2D eigenvalue weighted by Crippen LogP contribution is 2.22. The Kier molecular flexibility index (Phi) is 8.12. The van der Waals surface area contributed by atoms with E-state index in [-0.39, 0.29) is 24.2 Å². The zero-order chi connectivity index (χ0) is 17.5. The van der Waals surface area contributed by atoms with Gasteiger partial charge in [0.05, 0.1) is 13.5 Å². The maximum atomic E-state index is 12.5. The van der Waals surface area contributed by atoms with Crippen molar-refractivity contribution >= 4 is 17.8 Å². The van der Waals surface area contributed by atoms with E-state index >= 15 is 0 Å². The molecule has 0 aromatic rings. The predicted octanol–water partition coefficient (Wildman–Crippen LogP) is 1.49. The molecule has 22 heavy (non-hydrogen) atoms. The van der Waals surface area contributed by atoms with Crippen molar-refractivity contribution in [3.05, 3.63) is 0 Å². The molecule has 0 aliphatic heterocycles. The number of hydrogen-bond donors (Lipinski definition) is 2. The second-order valence-electron chi connectivity index (χ2n) is 7.03. The predicted molar refractivity (Wildman–Crippen MR) is 85.0 cm³/mol. The molecule has 0 unspecified atom stereocenters. The van der Waals surface area contributed by atoms with Crippen LogP contribution in [-0.4, -0.2) is 38.0 Å². The molecule has 0 heterocycles. The highest BCUT2D eigenvalue weighted by Gasteiger charge is 2.34. The summed E-state index contributed by atoms with van der Waals surface area (Å²) in [6.45, 7) is 9.61. The van der Waals surface area contributed by atoms with E-state index < -0.39 is 23.3 Å². The van der Waals surface area contributed by atoms with Gasteiger partial charge in [-0.3, -0.25) is 14.4 Å². The lowest BCUT2D eigenvalue weighted by Crippen LogP contribution is -2.54. The summed E-state index contributed by atoms with van der Waals surface area (Å²) in [6.07, 6.45) is 0.580. The van der Waals surface area contributed by atoms with Crippen LogP contribution in [0.1, 0.15) is 47.5 Å². The molecule has 2 amide bonds. The first-order valence-corrected chi connectivity index (χ1v) is 7.61. The highest BCUT2D eigenvalue weighted by molar-refractivity contribution is 5.90. The molecule has 2 N–H and O–H groups in total. The van der Waals surface area contributed by atoms with E-state index in [1.165, 1.54) is 14.2 Å². The van der Waals surface area contributed by atoms with Crippen molar-refractivity contribution in [3.8, 4) is 0 Å². The van der Waals surface area contributed by atoms with Gasteiger partial charge in [0, 0.05) is 13.0 Å². The van der Waals surface area contributed by atoms with Crippen molar-refractivity contribution < 1.29 is 19.1 Å². The van der Waals surface area contributed by atoms with Gasteiger partial charge in [-0.25, -0.2) is 0 Å². The average Bonchev–Trinajstić information content (AvgIpc) is 2.40. The van der Waals surface area contributed by atoms with Crippen LogP contribution in [0.15, 0.2) is 0 Å². The second kappa shape index (κ2) is 8.76. The number of rotatable bonds is 7. The third-order valence-corrected chi connectivity index (χ3v) is 3.43. The van der Waals surface area contributed by atoms with Gasteiger partial charge in [-0.15, -0.1) is 0 Å². The lowest BCUT2D eigenvalue weighted by atomic mass is 9.85. The van der Waals surface area contributed by atoms with E-state index in [9.17, 15) is 14.4 Å². The van der Waals surface area contributed by atoms with E-state index in [0.29, 0.717) is 6.42 Å². The number of ether oxygens (including phenoxy) is 1.